The van der Waals surface area contributed by atoms with Crippen molar-refractivity contribution in [3.63, 3.8) is 0 Å². The van der Waals surface area contributed by atoms with Crippen LogP contribution in [0.15, 0.2) is 54.6 Å². The lowest BCUT2D eigenvalue weighted by Gasteiger charge is -2.32. The molecular weight excluding hydrogens is 390 g/mol. The summed E-state index contributed by atoms with van der Waals surface area (Å²) < 4.78 is 0. The van der Waals surface area contributed by atoms with Crippen LogP contribution >= 0.6 is 0 Å². The highest BCUT2D eigenvalue weighted by atomic mass is 16.2. The number of hydrogen-bond donors (Lipinski definition) is 1. The summed E-state index contributed by atoms with van der Waals surface area (Å²) in [6.45, 7) is 3.99. The molecule has 0 spiro atoms. The minimum absolute atomic E-state index is 0.0833. The van der Waals surface area contributed by atoms with Crippen LogP contribution in [0.2, 0.25) is 0 Å². The standard InChI is InChI=1S/C25H29N3O3/c29-23-12-13-24(30)28(23)18-20-8-10-22(11-9-20)25(31)26-15-21-7-4-14-27(17-21)16-19-5-2-1-3-6-19/h1-3,5-6,8-11,21H,4,7,12-18H2,(H,26,31). The number of amides is 3. The van der Waals surface area contributed by atoms with E-state index in [-0.39, 0.29) is 24.3 Å². The van der Waals surface area contributed by atoms with Crippen LogP contribution in [0.3, 0.4) is 0 Å². The van der Waals surface area contributed by atoms with Gasteiger partial charge in [-0.2, -0.15) is 0 Å². The summed E-state index contributed by atoms with van der Waals surface area (Å²) in [5.41, 5.74) is 2.77. The van der Waals surface area contributed by atoms with Crippen molar-refractivity contribution in [3.8, 4) is 0 Å². The van der Waals surface area contributed by atoms with Crippen LogP contribution in [-0.4, -0.2) is 47.2 Å². The van der Waals surface area contributed by atoms with Gasteiger partial charge in [-0.15, -0.1) is 0 Å². The number of nitrogens with zero attached hydrogens (tertiary/aromatic N) is 2. The number of carbonyl (C=O) groups excluding carboxylic acids is 3. The average molecular weight is 420 g/mol. The minimum atomic E-state index is -0.124. The number of piperidine rings is 1. The van der Waals surface area contributed by atoms with Crippen LogP contribution in [-0.2, 0) is 22.7 Å². The van der Waals surface area contributed by atoms with Gasteiger partial charge in [0.2, 0.25) is 11.8 Å². The van der Waals surface area contributed by atoms with Crippen molar-refractivity contribution in [2.75, 3.05) is 19.6 Å². The van der Waals surface area contributed by atoms with Gasteiger partial charge >= 0.3 is 0 Å². The van der Waals surface area contributed by atoms with E-state index in [4.69, 9.17) is 0 Å². The van der Waals surface area contributed by atoms with Gasteiger partial charge in [-0.25, -0.2) is 0 Å². The number of nitrogens with one attached hydrogen (secondary N) is 1. The lowest BCUT2D eigenvalue weighted by molar-refractivity contribution is -0.139. The Bertz CT molecular complexity index is 911. The highest BCUT2D eigenvalue weighted by Crippen LogP contribution is 2.19. The summed E-state index contributed by atoms with van der Waals surface area (Å²) in [4.78, 5) is 39.9. The quantitative estimate of drug-likeness (QED) is 0.701. The lowest BCUT2D eigenvalue weighted by atomic mass is 9.97. The summed E-state index contributed by atoms with van der Waals surface area (Å²) in [6.07, 6.45) is 2.87. The van der Waals surface area contributed by atoms with Gasteiger partial charge in [0.15, 0.2) is 0 Å². The van der Waals surface area contributed by atoms with Crippen molar-refractivity contribution in [3.05, 3.63) is 71.3 Å². The van der Waals surface area contributed by atoms with Crippen molar-refractivity contribution in [2.24, 2.45) is 5.92 Å². The van der Waals surface area contributed by atoms with Crippen molar-refractivity contribution >= 4 is 17.7 Å². The molecule has 2 aromatic rings. The third-order valence-corrected chi connectivity index (χ3v) is 6.12. The molecule has 2 heterocycles. The molecule has 0 aliphatic carbocycles. The maximum atomic E-state index is 12.6. The smallest absolute Gasteiger partial charge is 0.251 e. The predicted octanol–water partition coefficient (Wildman–Crippen LogP) is 2.98. The van der Waals surface area contributed by atoms with E-state index in [0.29, 0.717) is 30.9 Å². The Hall–Kier alpha value is -2.99. The Balaban J connectivity index is 1.25. The first-order chi connectivity index (χ1) is 15.1. The zero-order chi connectivity index (χ0) is 21.6. The molecule has 2 aliphatic rings. The van der Waals surface area contributed by atoms with Crippen LogP contribution in [0.4, 0.5) is 0 Å². The lowest BCUT2D eigenvalue weighted by Crippen LogP contribution is -2.40. The SMILES string of the molecule is O=C(NCC1CCCN(Cc2ccccc2)C1)c1ccc(CN2C(=O)CCC2=O)cc1. The Morgan fingerprint density at radius 3 is 2.29 bits per heavy atom. The molecule has 0 bridgehead atoms. The number of hydrogen-bond acceptors (Lipinski definition) is 4. The third kappa shape index (κ3) is 5.58. The van der Waals surface area contributed by atoms with Crippen molar-refractivity contribution in [1.82, 2.24) is 15.1 Å². The molecule has 3 amide bonds. The van der Waals surface area contributed by atoms with Gasteiger partial charge in [-0.1, -0.05) is 42.5 Å². The van der Waals surface area contributed by atoms with Gasteiger partial charge in [0.1, 0.15) is 0 Å². The number of carbonyl (C=O) groups is 3. The fourth-order valence-electron chi connectivity index (χ4n) is 4.39. The van der Waals surface area contributed by atoms with Crippen LogP contribution < -0.4 is 5.32 Å². The number of likely N-dealkylation sites (tertiary alicyclic amines) is 2. The second-order valence-electron chi connectivity index (χ2n) is 8.51. The molecule has 0 radical (unpaired) electrons. The van der Waals surface area contributed by atoms with E-state index in [1.165, 1.54) is 10.5 Å². The van der Waals surface area contributed by atoms with E-state index in [1.54, 1.807) is 12.1 Å². The Morgan fingerprint density at radius 1 is 0.903 bits per heavy atom. The Morgan fingerprint density at radius 2 is 1.58 bits per heavy atom. The van der Waals surface area contributed by atoms with Crippen LogP contribution in [0.25, 0.3) is 0 Å². The molecule has 2 fully saturated rings. The van der Waals surface area contributed by atoms with Gasteiger partial charge in [0.05, 0.1) is 6.54 Å². The number of benzene rings is 2. The summed E-state index contributed by atoms with van der Waals surface area (Å²) in [5.74, 6) is 0.120. The highest BCUT2D eigenvalue weighted by Gasteiger charge is 2.28. The summed E-state index contributed by atoms with van der Waals surface area (Å²) in [5, 5.41) is 3.08. The first kappa shape index (κ1) is 21.2. The molecule has 0 aromatic heterocycles. The van der Waals surface area contributed by atoms with Crippen LogP contribution in [0, 0.1) is 5.92 Å². The maximum absolute atomic E-state index is 12.6. The summed E-state index contributed by atoms with van der Waals surface area (Å²) in [6, 6.07) is 17.7. The molecule has 4 rings (SSSR count). The van der Waals surface area contributed by atoms with Crippen molar-refractivity contribution < 1.29 is 14.4 Å². The van der Waals surface area contributed by atoms with E-state index in [0.717, 1.165) is 38.0 Å². The molecule has 6 nitrogen and oxygen atoms in total. The zero-order valence-electron chi connectivity index (χ0n) is 17.8. The molecule has 2 aliphatic heterocycles. The largest absolute Gasteiger partial charge is 0.352 e. The normalized spacial score (nSPS) is 19.6. The topological polar surface area (TPSA) is 69.7 Å². The monoisotopic (exact) mass is 419 g/mol. The van der Waals surface area contributed by atoms with E-state index in [2.05, 4.69) is 34.5 Å². The Kier molecular flexibility index (Phi) is 6.77. The molecule has 2 aromatic carbocycles. The van der Waals surface area contributed by atoms with E-state index >= 15 is 0 Å². The van der Waals surface area contributed by atoms with Crippen molar-refractivity contribution in [1.29, 1.82) is 0 Å². The summed E-state index contributed by atoms with van der Waals surface area (Å²) in [7, 11) is 0. The van der Waals surface area contributed by atoms with E-state index in [1.807, 2.05) is 18.2 Å². The second kappa shape index (κ2) is 9.88. The molecule has 6 heteroatoms. The number of rotatable bonds is 7. The number of imide groups is 1. The summed E-state index contributed by atoms with van der Waals surface area (Å²) >= 11 is 0. The maximum Gasteiger partial charge on any atom is 0.251 e. The first-order valence-electron chi connectivity index (χ1n) is 11.0. The minimum Gasteiger partial charge on any atom is -0.352 e. The molecule has 1 atom stereocenters. The zero-order valence-corrected chi connectivity index (χ0v) is 17.8. The van der Waals surface area contributed by atoms with Gasteiger partial charge in [0, 0.05) is 38.0 Å². The molecular formula is C25H29N3O3. The van der Waals surface area contributed by atoms with Gasteiger partial charge in [-0.05, 0) is 48.6 Å². The van der Waals surface area contributed by atoms with E-state index < -0.39 is 0 Å². The predicted molar refractivity (Wildman–Crippen MR) is 118 cm³/mol. The molecule has 31 heavy (non-hydrogen) atoms. The molecule has 162 valence electrons. The molecule has 2 saturated heterocycles. The fourth-order valence-corrected chi connectivity index (χ4v) is 4.39. The Labute approximate surface area is 183 Å². The van der Waals surface area contributed by atoms with Gasteiger partial charge in [-0.3, -0.25) is 24.2 Å². The molecule has 1 N–H and O–H groups in total. The molecule has 0 saturated carbocycles. The second-order valence-corrected chi connectivity index (χ2v) is 8.51. The first-order valence-corrected chi connectivity index (χ1v) is 11.0. The van der Waals surface area contributed by atoms with Crippen LogP contribution in [0.1, 0.15) is 47.2 Å². The van der Waals surface area contributed by atoms with Crippen LogP contribution in [0.5, 0.6) is 0 Å². The fraction of sp³-hybridized carbons (Fsp3) is 0.400. The highest BCUT2D eigenvalue weighted by molar-refractivity contribution is 6.01. The van der Waals surface area contributed by atoms with E-state index in [9.17, 15) is 14.4 Å². The third-order valence-electron chi connectivity index (χ3n) is 6.12. The van der Waals surface area contributed by atoms with Gasteiger partial charge < -0.3 is 5.32 Å². The average Bonchev–Trinajstić information content (AvgIpc) is 3.11. The van der Waals surface area contributed by atoms with Crippen molar-refractivity contribution in [2.45, 2.75) is 38.8 Å². The van der Waals surface area contributed by atoms with Gasteiger partial charge in [0.25, 0.3) is 5.91 Å². The molecule has 1 unspecified atom stereocenters.